The van der Waals surface area contributed by atoms with Crippen LogP contribution in [0.3, 0.4) is 0 Å². The number of nitrogens with zero attached hydrogens (tertiary/aromatic N) is 7. The third-order valence-corrected chi connectivity index (χ3v) is 5.29. The molecule has 7 nitrogen and oxygen atoms in total. The minimum atomic E-state index is 0.419. The lowest BCUT2D eigenvalue weighted by atomic mass is 10.0. The Bertz CT molecular complexity index is 765. The van der Waals surface area contributed by atoms with Gasteiger partial charge in [0.15, 0.2) is 5.82 Å². The van der Waals surface area contributed by atoms with Gasteiger partial charge in [-0.1, -0.05) is 11.3 Å². The minimum Gasteiger partial charge on any atom is -0.353 e. The second kappa shape index (κ2) is 5.77. The number of piperidine rings is 1. The Morgan fingerprint density at radius 2 is 2.30 bits per heavy atom. The number of hydrogen-bond donors (Lipinski definition) is 0. The fourth-order valence-electron chi connectivity index (χ4n) is 3.04. The Labute approximate surface area is 138 Å². The average molecular weight is 329 g/mol. The number of aryl methyl sites for hydroxylation is 1. The van der Waals surface area contributed by atoms with Crippen molar-refractivity contribution in [2.75, 3.05) is 29.9 Å². The molecule has 1 fully saturated rings. The zero-order valence-corrected chi connectivity index (χ0v) is 14.1. The van der Waals surface area contributed by atoms with E-state index in [0.29, 0.717) is 6.04 Å². The summed E-state index contributed by atoms with van der Waals surface area (Å²) in [5, 5.41) is 13.9. The van der Waals surface area contributed by atoms with E-state index in [2.05, 4.69) is 37.1 Å². The molecule has 0 unspecified atom stereocenters. The summed E-state index contributed by atoms with van der Waals surface area (Å²) < 4.78 is 1.87. The van der Waals surface area contributed by atoms with Gasteiger partial charge in [0, 0.05) is 32.4 Å². The third kappa shape index (κ3) is 2.74. The maximum Gasteiger partial charge on any atom is 0.214 e. The zero-order chi connectivity index (χ0) is 15.8. The predicted octanol–water partition coefficient (Wildman–Crippen LogP) is 1.99. The van der Waals surface area contributed by atoms with Crippen LogP contribution < -0.4 is 9.80 Å². The summed E-state index contributed by atoms with van der Waals surface area (Å²) in [7, 11) is 2.12. The van der Waals surface area contributed by atoms with Crippen LogP contribution in [-0.4, -0.2) is 51.0 Å². The van der Waals surface area contributed by atoms with E-state index in [4.69, 9.17) is 0 Å². The van der Waals surface area contributed by atoms with Gasteiger partial charge < -0.3 is 9.80 Å². The standard InChI is InChI=1S/C15H19N7S/c1-11-9-22-14(17-11)23-15(19-22)20(2)12-5-4-8-21(10-12)13-6-3-7-16-18-13/h3,6-7,9,12H,4-5,8,10H2,1-2H3/t12-/m0/s1. The number of hydrogen-bond acceptors (Lipinski definition) is 7. The van der Waals surface area contributed by atoms with Crippen LogP contribution in [-0.2, 0) is 0 Å². The van der Waals surface area contributed by atoms with Gasteiger partial charge in [-0.25, -0.2) is 9.50 Å². The Balaban J connectivity index is 1.53. The number of anilines is 2. The molecule has 3 aromatic heterocycles. The lowest BCUT2D eigenvalue weighted by molar-refractivity contribution is 0.483. The van der Waals surface area contributed by atoms with Crippen LogP contribution in [0.25, 0.3) is 4.96 Å². The fourth-order valence-corrected chi connectivity index (χ4v) is 4.00. The van der Waals surface area contributed by atoms with Crippen molar-refractivity contribution in [3.63, 3.8) is 0 Å². The average Bonchev–Trinajstić information content (AvgIpc) is 3.12. The molecular formula is C15H19N7S. The predicted molar refractivity (Wildman–Crippen MR) is 91.3 cm³/mol. The van der Waals surface area contributed by atoms with Crippen molar-refractivity contribution in [3.05, 3.63) is 30.2 Å². The number of likely N-dealkylation sites (N-methyl/N-ethyl adjacent to an activating group) is 1. The van der Waals surface area contributed by atoms with E-state index < -0.39 is 0 Å². The number of fused-ring (bicyclic) bond motifs is 1. The van der Waals surface area contributed by atoms with E-state index in [-0.39, 0.29) is 0 Å². The minimum absolute atomic E-state index is 0.419. The molecule has 0 radical (unpaired) electrons. The first kappa shape index (κ1) is 14.4. The van der Waals surface area contributed by atoms with E-state index in [1.807, 2.05) is 29.8 Å². The second-order valence-corrected chi connectivity index (χ2v) is 6.86. The van der Waals surface area contributed by atoms with Crippen molar-refractivity contribution in [2.24, 2.45) is 0 Å². The largest absolute Gasteiger partial charge is 0.353 e. The highest BCUT2D eigenvalue weighted by atomic mass is 32.1. The summed E-state index contributed by atoms with van der Waals surface area (Å²) >= 11 is 1.64. The molecular weight excluding hydrogens is 310 g/mol. The first-order valence-corrected chi connectivity index (χ1v) is 8.60. The molecule has 4 rings (SSSR count). The molecule has 0 aliphatic carbocycles. The van der Waals surface area contributed by atoms with Crippen LogP contribution in [0.1, 0.15) is 18.5 Å². The normalized spacial score (nSPS) is 18.5. The Morgan fingerprint density at radius 3 is 3.09 bits per heavy atom. The summed E-state index contributed by atoms with van der Waals surface area (Å²) in [5.74, 6) is 0.954. The highest BCUT2D eigenvalue weighted by Crippen LogP contribution is 2.27. The SMILES string of the molecule is Cc1cn2nc(N(C)[C@H]3CCCN(c4cccnn4)C3)sc2n1. The zero-order valence-electron chi connectivity index (χ0n) is 13.3. The lowest BCUT2D eigenvalue weighted by Crippen LogP contribution is -2.47. The molecule has 23 heavy (non-hydrogen) atoms. The van der Waals surface area contributed by atoms with Gasteiger partial charge in [0.05, 0.1) is 11.9 Å². The molecule has 4 heterocycles. The van der Waals surface area contributed by atoms with E-state index in [1.54, 1.807) is 17.5 Å². The molecule has 8 heteroatoms. The topological polar surface area (TPSA) is 62.5 Å². The maximum absolute atomic E-state index is 4.66. The van der Waals surface area contributed by atoms with Crippen molar-refractivity contribution in [3.8, 4) is 0 Å². The van der Waals surface area contributed by atoms with E-state index in [9.17, 15) is 0 Å². The second-order valence-electron chi connectivity index (χ2n) is 5.93. The lowest BCUT2D eigenvalue weighted by Gasteiger charge is -2.37. The van der Waals surface area contributed by atoms with E-state index in [0.717, 1.165) is 47.5 Å². The Hall–Kier alpha value is -2.22. The molecule has 120 valence electrons. The van der Waals surface area contributed by atoms with Crippen molar-refractivity contribution < 1.29 is 0 Å². The van der Waals surface area contributed by atoms with Crippen LogP contribution in [0.2, 0.25) is 0 Å². The van der Waals surface area contributed by atoms with Gasteiger partial charge in [-0.05, 0) is 31.9 Å². The number of aromatic nitrogens is 5. The third-order valence-electron chi connectivity index (χ3n) is 4.28. The summed E-state index contributed by atoms with van der Waals surface area (Å²) in [6.07, 6.45) is 5.99. The molecule has 3 aromatic rings. The molecule has 0 spiro atoms. The molecule has 0 aromatic carbocycles. The first-order valence-electron chi connectivity index (χ1n) is 7.79. The van der Waals surface area contributed by atoms with Crippen molar-refractivity contribution >= 4 is 27.2 Å². The molecule has 0 amide bonds. The van der Waals surface area contributed by atoms with E-state index >= 15 is 0 Å². The van der Waals surface area contributed by atoms with Crippen molar-refractivity contribution in [1.82, 2.24) is 24.8 Å². The highest BCUT2D eigenvalue weighted by Gasteiger charge is 2.26. The van der Waals surface area contributed by atoms with Crippen LogP contribution in [0.4, 0.5) is 10.9 Å². The van der Waals surface area contributed by atoms with Crippen LogP contribution in [0.15, 0.2) is 24.5 Å². The van der Waals surface area contributed by atoms with Gasteiger partial charge in [0.25, 0.3) is 0 Å². The number of imidazole rings is 1. The van der Waals surface area contributed by atoms with Gasteiger partial charge >= 0.3 is 0 Å². The van der Waals surface area contributed by atoms with Gasteiger partial charge in [-0.3, -0.25) is 0 Å². The Kier molecular flexibility index (Phi) is 3.60. The highest BCUT2D eigenvalue weighted by molar-refractivity contribution is 7.20. The summed E-state index contributed by atoms with van der Waals surface area (Å²) in [5.41, 5.74) is 1.00. The maximum atomic E-state index is 4.66. The fraction of sp³-hybridized carbons (Fsp3) is 0.467. The smallest absolute Gasteiger partial charge is 0.214 e. The molecule has 1 aliphatic rings. The summed E-state index contributed by atoms with van der Waals surface area (Å²) in [6, 6.07) is 4.38. The van der Waals surface area contributed by atoms with Gasteiger partial charge in [-0.15, -0.1) is 10.2 Å². The molecule has 1 atom stereocenters. The molecule has 1 aliphatic heterocycles. The number of rotatable bonds is 3. The van der Waals surface area contributed by atoms with Crippen LogP contribution in [0.5, 0.6) is 0 Å². The monoisotopic (exact) mass is 329 g/mol. The van der Waals surface area contributed by atoms with Crippen LogP contribution in [0, 0.1) is 6.92 Å². The van der Waals surface area contributed by atoms with Crippen molar-refractivity contribution in [1.29, 1.82) is 0 Å². The molecule has 0 saturated carbocycles. The summed E-state index contributed by atoms with van der Waals surface area (Å²) in [6.45, 7) is 3.96. The van der Waals surface area contributed by atoms with Crippen molar-refractivity contribution in [2.45, 2.75) is 25.8 Å². The van der Waals surface area contributed by atoms with Gasteiger partial charge in [0.2, 0.25) is 10.1 Å². The van der Waals surface area contributed by atoms with E-state index in [1.165, 1.54) is 0 Å². The Morgan fingerprint density at radius 1 is 1.39 bits per heavy atom. The van der Waals surface area contributed by atoms with Crippen LogP contribution >= 0.6 is 11.3 Å². The molecule has 0 bridgehead atoms. The van der Waals surface area contributed by atoms with Gasteiger partial charge in [-0.2, -0.15) is 5.10 Å². The molecule has 0 N–H and O–H groups in total. The quantitative estimate of drug-likeness (QED) is 0.732. The van der Waals surface area contributed by atoms with Gasteiger partial charge in [0.1, 0.15) is 0 Å². The summed E-state index contributed by atoms with van der Waals surface area (Å²) in [4.78, 5) is 10.0. The molecule has 1 saturated heterocycles. The first-order chi connectivity index (χ1) is 11.2.